The molecule has 1 rings (SSSR count). The molecule has 1 nitrogen and oxygen atoms in total. The van der Waals surface area contributed by atoms with Crippen LogP contribution in [0.1, 0.15) is 61.8 Å². The first-order chi connectivity index (χ1) is 9.08. The lowest BCUT2D eigenvalue weighted by Gasteiger charge is -2.23. The average molecular weight is 261 g/mol. The number of benzene rings is 1. The maximum absolute atomic E-state index is 2.63. The van der Waals surface area contributed by atoms with Gasteiger partial charge in [0.25, 0.3) is 0 Å². The summed E-state index contributed by atoms with van der Waals surface area (Å²) in [5.41, 5.74) is 5.79. The standard InChI is InChI=1S/C18H31N/c1-6-8-10-19(11-9-7-2)14-18-13-16(4)15(3)12-17(18)5/h12-13H,6-11,14H2,1-5H3. The van der Waals surface area contributed by atoms with E-state index in [4.69, 9.17) is 0 Å². The van der Waals surface area contributed by atoms with Crippen LogP contribution in [0.2, 0.25) is 0 Å². The van der Waals surface area contributed by atoms with Gasteiger partial charge in [0, 0.05) is 6.54 Å². The maximum atomic E-state index is 2.63. The van der Waals surface area contributed by atoms with Gasteiger partial charge in [-0.15, -0.1) is 0 Å². The first-order valence-electron chi connectivity index (χ1n) is 7.87. The second-order valence-corrected chi connectivity index (χ2v) is 5.85. The van der Waals surface area contributed by atoms with Gasteiger partial charge < -0.3 is 0 Å². The first-order valence-corrected chi connectivity index (χ1v) is 7.87. The molecule has 0 saturated heterocycles. The van der Waals surface area contributed by atoms with Crippen LogP contribution in [0.15, 0.2) is 12.1 Å². The summed E-state index contributed by atoms with van der Waals surface area (Å²) >= 11 is 0. The number of rotatable bonds is 8. The van der Waals surface area contributed by atoms with Crippen LogP contribution < -0.4 is 0 Å². The molecule has 0 radical (unpaired) electrons. The fourth-order valence-electron chi connectivity index (χ4n) is 2.46. The molecule has 0 aliphatic heterocycles. The van der Waals surface area contributed by atoms with Gasteiger partial charge in [0.15, 0.2) is 0 Å². The molecule has 1 aromatic rings. The van der Waals surface area contributed by atoms with E-state index in [1.165, 1.54) is 61.0 Å². The number of unbranched alkanes of at least 4 members (excludes halogenated alkanes) is 2. The lowest BCUT2D eigenvalue weighted by atomic mass is 10.0. The quantitative estimate of drug-likeness (QED) is 0.635. The Labute approximate surface area is 120 Å². The summed E-state index contributed by atoms with van der Waals surface area (Å²) < 4.78 is 0. The van der Waals surface area contributed by atoms with Crippen LogP contribution in [0.3, 0.4) is 0 Å². The molecule has 108 valence electrons. The molecule has 0 spiro atoms. The van der Waals surface area contributed by atoms with Gasteiger partial charge in [-0.3, -0.25) is 4.90 Å². The molecular formula is C18H31N. The van der Waals surface area contributed by atoms with Crippen LogP contribution in [0.4, 0.5) is 0 Å². The first kappa shape index (κ1) is 16.2. The third-order valence-corrected chi connectivity index (χ3v) is 4.00. The molecule has 0 aliphatic carbocycles. The van der Waals surface area contributed by atoms with E-state index in [-0.39, 0.29) is 0 Å². The van der Waals surface area contributed by atoms with E-state index in [0.29, 0.717) is 0 Å². The normalized spacial score (nSPS) is 11.3. The summed E-state index contributed by atoms with van der Waals surface area (Å²) in [5.74, 6) is 0. The predicted molar refractivity (Wildman–Crippen MR) is 85.7 cm³/mol. The summed E-state index contributed by atoms with van der Waals surface area (Å²) in [6, 6.07) is 4.72. The molecule has 0 amide bonds. The molecular weight excluding hydrogens is 230 g/mol. The smallest absolute Gasteiger partial charge is 0.0236 e. The minimum Gasteiger partial charge on any atom is -0.299 e. The highest BCUT2D eigenvalue weighted by atomic mass is 15.1. The van der Waals surface area contributed by atoms with Crippen molar-refractivity contribution in [2.75, 3.05) is 13.1 Å². The highest BCUT2D eigenvalue weighted by Gasteiger charge is 2.08. The van der Waals surface area contributed by atoms with E-state index in [9.17, 15) is 0 Å². The number of hydrogen-bond donors (Lipinski definition) is 0. The molecule has 0 bridgehead atoms. The summed E-state index contributed by atoms with van der Waals surface area (Å²) in [4.78, 5) is 2.63. The molecule has 1 aromatic carbocycles. The van der Waals surface area contributed by atoms with Crippen LogP contribution in [0, 0.1) is 20.8 Å². The van der Waals surface area contributed by atoms with Crippen LogP contribution in [-0.2, 0) is 6.54 Å². The zero-order chi connectivity index (χ0) is 14.3. The van der Waals surface area contributed by atoms with E-state index in [0.717, 1.165) is 6.54 Å². The van der Waals surface area contributed by atoms with E-state index < -0.39 is 0 Å². The Hall–Kier alpha value is -0.820. The number of aryl methyl sites for hydroxylation is 3. The summed E-state index contributed by atoms with van der Waals surface area (Å²) in [5, 5.41) is 0. The van der Waals surface area contributed by atoms with Crippen molar-refractivity contribution in [1.29, 1.82) is 0 Å². The summed E-state index contributed by atoms with van der Waals surface area (Å²) in [7, 11) is 0. The molecule has 0 unspecified atom stereocenters. The summed E-state index contributed by atoms with van der Waals surface area (Å²) in [6.07, 6.45) is 5.20. The van der Waals surface area contributed by atoms with Crippen LogP contribution >= 0.6 is 0 Å². The topological polar surface area (TPSA) is 3.24 Å². The van der Waals surface area contributed by atoms with Crippen LogP contribution in [0.25, 0.3) is 0 Å². The second kappa shape index (κ2) is 8.37. The third kappa shape index (κ3) is 5.36. The molecule has 0 aliphatic rings. The Morgan fingerprint density at radius 2 is 1.32 bits per heavy atom. The van der Waals surface area contributed by atoms with Crippen molar-refractivity contribution in [2.24, 2.45) is 0 Å². The van der Waals surface area contributed by atoms with Gasteiger partial charge in [-0.2, -0.15) is 0 Å². The van der Waals surface area contributed by atoms with Gasteiger partial charge in [-0.05, 0) is 69.0 Å². The number of hydrogen-bond acceptors (Lipinski definition) is 1. The third-order valence-electron chi connectivity index (χ3n) is 4.00. The fraction of sp³-hybridized carbons (Fsp3) is 0.667. The zero-order valence-electron chi connectivity index (χ0n) is 13.6. The molecule has 0 heterocycles. The molecule has 0 N–H and O–H groups in total. The highest BCUT2D eigenvalue weighted by Crippen LogP contribution is 2.17. The average Bonchev–Trinajstić information content (AvgIpc) is 2.38. The Bertz CT molecular complexity index is 374. The van der Waals surface area contributed by atoms with Crippen molar-refractivity contribution in [3.05, 3.63) is 34.4 Å². The molecule has 19 heavy (non-hydrogen) atoms. The van der Waals surface area contributed by atoms with Crippen molar-refractivity contribution < 1.29 is 0 Å². The second-order valence-electron chi connectivity index (χ2n) is 5.85. The maximum Gasteiger partial charge on any atom is 0.0236 e. The van der Waals surface area contributed by atoms with Crippen molar-refractivity contribution >= 4 is 0 Å². The Balaban J connectivity index is 2.74. The van der Waals surface area contributed by atoms with Gasteiger partial charge in [0.1, 0.15) is 0 Å². The van der Waals surface area contributed by atoms with Crippen molar-refractivity contribution in [3.8, 4) is 0 Å². The Morgan fingerprint density at radius 3 is 1.84 bits per heavy atom. The summed E-state index contributed by atoms with van der Waals surface area (Å²) in [6.45, 7) is 14.8. The lowest BCUT2D eigenvalue weighted by molar-refractivity contribution is 0.256. The fourth-order valence-corrected chi connectivity index (χ4v) is 2.46. The van der Waals surface area contributed by atoms with Crippen molar-refractivity contribution in [3.63, 3.8) is 0 Å². The predicted octanol–water partition coefficient (Wildman–Crippen LogP) is 5.01. The molecule has 0 atom stereocenters. The minimum atomic E-state index is 1.12. The van der Waals surface area contributed by atoms with Crippen LogP contribution in [0.5, 0.6) is 0 Å². The molecule has 1 heteroatoms. The minimum absolute atomic E-state index is 1.12. The van der Waals surface area contributed by atoms with Gasteiger partial charge in [0.05, 0.1) is 0 Å². The van der Waals surface area contributed by atoms with E-state index >= 15 is 0 Å². The number of nitrogens with zero attached hydrogens (tertiary/aromatic N) is 1. The van der Waals surface area contributed by atoms with Gasteiger partial charge in [-0.25, -0.2) is 0 Å². The molecule has 0 saturated carbocycles. The van der Waals surface area contributed by atoms with E-state index in [1.807, 2.05) is 0 Å². The SMILES string of the molecule is CCCCN(CCCC)Cc1cc(C)c(C)cc1C. The highest BCUT2D eigenvalue weighted by molar-refractivity contribution is 5.36. The Kier molecular flexibility index (Phi) is 7.15. The van der Waals surface area contributed by atoms with Crippen LogP contribution in [-0.4, -0.2) is 18.0 Å². The lowest BCUT2D eigenvalue weighted by Crippen LogP contribution is -2.26. The molecule has 0 fully saturated rings. The van der Waals surface area contributed by atoms with Crippen molar-refractivity contribution in [1.82, 2.24) is 4.90 Å². The van der Waals surface area contributed by atoms with Gasteiger partial charge in [0.2, 0.25) is 0 Å². The molecule has 0 aromatic heterocycles. The van der Waals surface area contributed by atoms with E-state index in [1.54, 1.807) is 0 Å². The monoisotopic (exact) mass is 261 g/mol. The Morgan fingerprint density at radius 1 is 0.789 bits per heavy atom. The largest absolute Gasteiger partial charge is 0.299 e. The zero-order valence-corrected chi connectivity index (χ0v) is 13.6. The van der Waals surface area contributed by atoms with Crippen molar-refractivity contribution in [2.45, 2.75) is 66.8 Å². The van der Waals surface area contributed by atoms with Gasteiger partial charge >= 0.3 is 0 Å². The van der Waals surface area contributed by atoms with E-state index in [2.05, 4.69) is 51.7 Å². The van der Waals surface area contributed by atoms with Gasteiger partial charge in [-0.1, -0.05) is 38.8 Å².